The number of urea groups is 1. The summed E-state index contributed by atoms with van der Waals surface area (Å²) in [5.74, 6) is -1.23. The van der Waals surface area contributed by atoms with Crippen LogP contribution in [-0.4, -0.2) is 34.5 Å². The number of carbonyl (C=O) groups excluding carboxylic acids is 3. The SMILES string of the molecule is COC(=O)c1ccc(CN2C(=O)N/C(=C\c3cn(Cc4cccc(F)c4)c4ccccc34)C2=O)o1. The molecule has 1 N–H and O–H groups in total. The van der Waals surface area contributed by atoms with E-state index in [0.717, 1.165) is 26.9 Å². The number of nitrogens with zero attached hydrogens (tertiary/aromatic N) is 2. The van der Waals surface area contributed by atoms with Crippen molar-refractivity contribution in [3.8, 4) is 0 Å². The Kier molecular flexibility index (Phi) is 5.66. The lowest BCUT2D eigenvalue weighted by Gasteiger charge is -2.09. The highest BCUT2D eigenvalue weighted by Gasteiger charge is 2.34. The van der Waals surface area contributed by atoms with Crippen LogP contribution in [0.4, 0.5) is 9.18 Å². The van der Waals surface area contributed by atoms with E-state index in [0.29, 0.717) is 6.54 Å². The van der Waals surface area contributed by atoms with Crippen LogP contribution in [0.3, 0.4) is 0 Å². The van der Waals surface area contributed by atoms with E-state index in [4.69, 9.17) is 4.42 Å². The van der Waals surface area contributed by atoms with Crippen LogP contribution in [0.5, 0.6) is 0 Å². The average molecular weight is 473 g/mol. The fourth-order valence-electron chi connectivity index (χ4n) is 4.05. The van der Waals surface area contributed by atoms with Gasteiger partial charge in [-0.05, 0) is 42.0 Å². The molecular formula is C26H20FN3O5. The summed E-state index contributed by atoms with van der Waals surface area (Å²) in [6.07, 6.45) is 3.48. The van der Waals surface area contributed by atoms with Crippen molar-refractivity contribution in [3.05, 3.63) is 101 Å². The Hall–Kier alpha value is -4.66. The smallest absolute Gasteiger partial charge is 0.373 e. The topological polar surface area (TPSA) is 93.8 Å². The summed E-state index contributed by atoms with van der Waals surface area (Å²) in [6.45, 7) is 0.301. The third-order valence-corrected chi connectivity index (χ3v) is 5.69. The normalized spacial score (nSPS) is 14.7. The maximum Gasteiger partial charge on any atom is 0.373 e. The van der Waals surface area contributed by atoms with Crippen molar-refractivity contribution in [1.82, 2.24) is 14.8 Å². The van der Waals surface area contributed by atoms with Crippen LogP contribution in [0.1, 0.15) is 27.4 Å². The highest BCUT2D eigenvalue weighted by atomic mass is 19.1. The molecule has 2 aromatic heterocycles. The van der Waals surface area contributed by atoms with E-state index in [9.17, 15) is 18.8 Å². The first kappa shape index (κ1) is 22.1. The van der Waals surface area contributed by atoms with Crippen LogP contribution in [0, 0.1) is 5.82 Å². The lowest BCUT2D eigenvalue weighted by molar-refractivity contribution is -0.123. The molecule has 1 aliphatic rings. The molecule has 9 heteroatoms. The highest BCUT2D eigenvalue weighted by molar-refractivity contribution is 6.14. The summed E-state index contributed by atoms with van der Waals surface area (Å²) in [4.78, 5) is 38.1. The number of fused-ring (bicyclic) bond motifs is 1. The molecule has 8 nitrogen and oxygen atoms in total. The van der Waals surface area contributed by atoms with Crippen molar-refractivity contribution in [2.75, 3.05) is 7.11 Å². The molecule has 1 aliphatic heterocycles. The molecular weight excluding hydrogens is 453 g/mol. The number of nitrogens with one attached hydrogen (secondary N) is 1. The van der Waals surface area contributed by atoms with Gasteiger partial charge in [0.25, 0.3) is 5.91 Å². The van der Waals surface area contributed by atoms with E-state index >= 15 is 0 Å². The van der Waals surface area contributed by atoms with Gasteiger partial charge in [0.15, 0.2) is 0 Å². The highest BCUT2D eigenvalue weighted by Crippen LogP contribution is 2.26. The number of halogens is 1. The van der Waals surface area contributed by atoms with E-state index < -0.39 is 17.9 Å². The summed E-state index contributed by atoms with van der Waals surface area (Å²) >= 11 is 0. The van der Waals surface area contributed by atoms with Crippen LogP contribution < -0.4 is 5.32 Å². The number of ether oxygens (including phenoxy) is 1. The Bertz CT molecular complexity index is 1500. The van der Waals surface area contributed by atoms with Crippen molar-refractivity contribution in [2.45, 2.75) is 13.1 Å². The molecule has 3 amide bonds. The summed E-state index contributed by atoms with van der Waals surface area (Å²) in [6, 6.07) is 16.3. The molecule has 176 valence electrons. The number of imide groups is 1. The van der Waals surface area contributed by atoms with Gasteiger partial charge in [-0.1, -0.05) is 30.3 Å². The Balaban J connectivity index is 1.42. The standard InChI is InChI=1S/C26H20FN3O5/c1-34-25(32)23-10-9-19(35-23)15-30-24(31)21(28-26(30)33)12-17-14-29(22-8-3-2-7-20(17)22)13-16-5-4-6-18(27)11-16/h2-12,14H,13,15H2,1H3,(H,28,33)/b21-12-. The third-order valence-electron chi connectivity index (χ3n) is 5.69. The van der Waals surface area contributed by atoms with Gasteiger partial charge in [-0.15, -0.1) is 0 Å². The predicted molar refractivity (Wildman–Crippen MR) is 125 cm³/mol. The number of carbonyl (C=O) groups is 3. The van der Waals surface area contributed by atoms with Crippen molar-refractivity contribution >= 4 is 34.9 Å². The Labute approximate surface area is 199 Å². The fraction of sp³-hybridized carbons (Fsp3) is 0.115. The molecule has 0 radical (unpaired) electrons. The number of esters is 1. The maximum atomic E-state index is 13.7. The summed E-state index contributed by atoms with van der Waals surface area (Å²) in [5, 5.41) is 3.48. The van der Waals surface area contributed by atoms with Gasteiger partial charge in [-0.25, -0.2) is 14.0 Å². The van der Waals surface area contributed by atoms with Gasteiger partial charge in [0, 0.05) is 29.2 Å². The number of methoxy groups -OCH3 is 1. The molecule has 4 aromatic rings. The minimum atomic E-state index is -0.649. The summed E-state index contributed by atoms with van der Waals surface area (Å²) in [7, 11) is 1.23. The van der Waals surface area contributed by atoms with E-state index in [1.54, 1.807) is 12.1 Å². The largest absolute Gasteiger partial charge is 0.463 e. The van der Waals surface area contributed by atoms with Gasteiger partial charge < -0.3 is 19.0 Å². The van der Waals surface area contributed by atoms with E-state index in [1.165, 1.54) is 31.4 Å². The van der Waals surface area contributed by atoms with Gasteiger partial charge in [0.05, 0.1) is 13.7 Å². The molecule has 1 fully saturated rings. The lowest BCUT2D eigenvalue weighted by atomic mass is 10.1. The molecule has 35 heavy (non-hydrogen) atoms. The summed E-state index contributed by atoms with van der Waals surface area (Å²) < 4.78 is 25.6. The lowest BCUT2D eigenvalue weighted by Crippen LogP contribution is -2.30. The van der Waals surface area contributed by atoms with Crippen LogP contribution >= 0.6 is 0 Å². The first-order valence-electron chi connectivity index (χ1n) is 10.8. The number of para-hydroxylation sites is 1. The van der Waals surface area contributed by atoms with Crippen LogP contribution in [0.25, 0.3) is 17.0 Å². The molecule has 0 spiro atoms. The Morgan fingerprint density at radius 3 is 2.71 bits per heavy atom. The van der Waals surface area contributed by atoms with Crippen molar-refractivity contribution in [2.24, 2.45) is 0 Å². The number of furan rings is 1. The second-order valence-electron chi connectivity index (χ2n) is 8.00. The number of amides is 3. The van der Waals surface area contributed by atoms with Crippen molar-refractivity contribution in [3.63, 3.8) is 0 Å². The number of aromatic nitrogens is 1. The zero-order chi connectivity index (χ0) is 24.5. The van der Waals surface area contributed by atoms with Crippen LogP contribution in [0.2, 0.25) is 0 Å². The van der Waals surface area contributed by atoms with E-state index in [1.807, 2.05) is 41.1 Å². The summed E-state index contributed by atoms with van der Waals surface area (Å²) in [5.41, 5.74) is 2.55. The number of benzene rings is 2. The monoisotopic (exact) mass is 473 g/mol. The predicted octanol–water partition coefficient (Wildman–Crippen LogP) is 4.30. The fourth-order valence-corrected chi connectivity index (χ4v) is 4.05. The third kappa shape index (κ3) is 4.31. The number of hydrogen-bond donors (Lipinski definition) is 1. The molecule has 0 aliphatic carbocycles. The van der Waals surface area contributed by atoms with Crippen molar-refractivity contribution in [1.29, 1.82) is 0 Å². The minimum absolute atomic E-state index is 0.0172. The number of rotatable bonds is 6. The molecule has 0 atom stereocenters. The first-order chi connectivity index (χ1) is 16.9. The van der Waals surface area contributed by atoms with Crippen LogP contribution in [-0.2, 0) is 22.6 Å². The van der Waals surface area contributed by atoms with Gasteiger partial charge in [0.2, 0.25) is 5.76 Å². The van der Waals surface area contributed by atoms with Gasteiger partial charge >= 0.3 is 12.0 Å². The van der Waals surface area contributed by atoms with E-state index in [-0.39, 0.29) is 29.6 Å². The molecule has 0 saturated carbocycles. The van der Waals surface area contributed by atoms with Crippen LogP contribution in [0.15, 0.2) is 77.0 Å². The Morgan fingerprint density at radius 2 is 1.91 bits per heavy atom. The molecule has 0 unspecified atom stereocenters. The maximum absolute atomic E-state index is 13.7. The molecule has 5 rings (SSSR count). The number of hydrogen-bond acceptors (Lipinski definition) is 5. The van der Waals surface area contributed by atoms with Gasteiger partial charge in [-0.3, -0.25) is 9.69 Å². The average Bonchev–Trinajstić information content (AvgIpc) is 3.53. The second kappa shape index (κ2) is 8.94. The minimum Gasteiger partial charge on any atom is -0.463 e. The quantitative estimate of drug-likeness (QED) is 0.256. The molecule has 2 aromatic carbocycles. The second-order valence-corrected chi connectivity index (χ2v) is 8.00. The van der Waals surface area contributed by atoms with Crippen molar-refractivity contribution < 1.29 is 27.9 Å². The zero-order valence-electron chi connectivity index (χ0n) is 18.7. The first-order valence-corrected chi connectivity index (χ1v) is 10.8. The molecule has 0 bridgehead atoms. The Morgan fingerprint density at radius 1 is 1.09 bits per heavy atom. The molecule has 3 heterocycles. The van der Waals surface area contributed by atoms with Gasteiger partial charge in [-0.2, -0.15) is 0 Å². The van der Waals surface area contributed by atoms with E-state index in [2.05, 4.69) is 10.1 Å². The zero-order valence-corrected chi connectivity index (χ0v) is 18.7. The van der Waals surface area contributed by atoms with Gasteiger partial charge in [0.1, 0.15) is 17.3 Å². The molecule has 1 saturated heterocycles.